The molecule has 5 atom stereocenters. The number of Topliss-reactive ketones (excluding diaryl/α,β-unsaturated/α-hetero) is 1. The number of hydrogen-bond donors (Lipinski definition) is 4. The van der Waals surface area contributed by atoms with Gasteiger partial charge in [-0.2, -0.15) is 0 Å². The van der Waals surface area contributed by atoms with Gasteiger partial charge in [-0.05, 0) is 79.7 Å². The van der Waals surface area contributed by atoms with Crippen LogP contribution in [0.5, 0.6) is 0 Å². The summed E-state index contributed by atoms with van der Waals surface area (Å²) >= 11 is 0. The standard InChI is InChI=1S/C39H57N5O5/c1-9-11-20-29(33(45)35(47)40-21-10-2)41-34(46)32-30-28(38(30,5)6)23-44(32)36(48)31(25-16-13-12-14-17-25)42-37(49)43-39(7,8)27-19-15-18-26(22-27)24(3)4/h9-10,15,18-19,22,24-25,28-32H,1-2,11-14,16-17,20-21,23H2,3-8H3,(H,40,47)(H,41,46)(H2,42,43,49)/t28?,29?,30?,31-,32-/m0/s1. The third-order valence-electron chi connectivity index (χ3n) is 11.1. The Morgan fingerprint density at radius 3 is 2.35 bits per heavy atom. The van der Waals surface area contributed by atoms with Crippen LogP contribution >= 0.6 is 0 Å². The topological polar surface area (TPSA) is 137 Å². The van der Waals surface area contributed by atoms with Gasteiger partial charge in [0, 0.05) is 13.1 Å². The number of piperidine rings is 1. The molecule has 4 N–H and O–H groups in total. The van der Waals surface area contributed by atoms with Gasteiger partial charge in [0.25, 0.3) is 5.91 Å². The maximum absolute atomic E-state index is 14.6. The number of nitrogens with zero attached hydrogens (tertiary/aromatic N) is 1. The van der Waals surface area contributed by atoms with E-state index in [1.54, 1.807) is 11.0 Å². The number of urea groups is 1. The van der Waals surface area contributed by atoms with Gasteiger partial charge in [-0.3, -0.25) is 19.2 Å². The van der Waals surface area contributed by atoms with Crippen molar-refractivity contribution in [3.8, 4) is 0 Å². The highest BCUT2D eigenvalue weighted by atomic mass is 16.2. The van der Waals surface area contributed by atoms with E-state index in [2.05, 4.69) is 74.3 Å². The van der Waals surface area contributed by atoms with E-state index in [9.17, 15) is 24.0 Å². The number of benzene rings is 1. The number of carbonyl (C=O) groups excluding carboxylic acids is 5. The molecule has 1 aromatic carbocycles. The van der Waals surface area contributed by atoms with Crippen molar-refractivity contribution in [3.05, 3.63) is 60.7 Å². The van der Waals surface area contributed by atoms with E-state index in [0.717, 1.165) is 37.7 Å². The van der Waals surface area contributed by atoms with Gasteiger partial charge in [0.05, 0.1) is 11.6 Å². The summed E-state index contributed by atoms with van der Waals surface area (Å²) in [5, 5.41) is 11.5. The Bertz CT molecular complexity index is 1430. The average Bonchev–Trinajstić information content (AvgIpc) is 3.38. The van der Waals surface area contributed by atoms with Gasteiger partial charge in [-0.25, -0.2) is 4.79 Å². The molecule has 1 heterocycles. The van der Waals surface area contributed by atoms with Gasteiger partial charge in [-0.1, -0.05) is 83.4 Å². The molecule has 0 aromatic heterocycles. The number of amides is 5. The van der Waals surface area contributed by atoms with E-state index in [1.807, 2.05) is 26.0 Å². The molecule has 4 rings (SSSR count). The third-order valence-corrected chi connectivity index (χ3v) is 11.1. The van der Waals surface area contributed by atoms with Crippen molar-refractivity contribution in [2.45, 2.75) is 116 Å². The Morgan fingerprint density at radius 2 is 1.71 bits per heavy atom. The quantitative estimate of drug-likeness (QED) is 0.152. The van der Waals surface area contributed by atoms with Crippen LogP contribution in [0.1, 0.15) is 104 Å². The van der Waals surface area contributed by atoms with Crippen LogP contribution in [-0.2, 0) is 24.7 Å². The summed E-state index contributed by atoms with van der Waals surface area (Å²) in [5.74, 6) is -2.00. The molecule has 0 radical (unpaired) electrons. The van der Waals surface area contributed by atoms with E-state index in [4.69, 9.17) is 0 Å². The average molecular weight is 676 g/mol. The second-order valence-electron chi connectivity index (χ2n) is 15.6. The summed E-state index contributed by atoms with van der Waals surface area (Å²) in [6.45, 7) is 20.1. The minimum atomic E-state index is -1.07. The molecule has 268 valence electrons. The summed E-state index contributed by atoms with van der Waals surface area (Å²) in [6.07, 6.45) is 8.34. The van der Waals surface area contributed by atoms with E-state index in [-0.39, 0.29) is 42.0 Å². The summed E-state index contributed by atoms with van der Waals surface area (Å²) < 4.78 is 0. The molecular formula is C39H57N5O5. The van der Waals surface area contributed by atoms with Crippen LogP contribution in [0.3, 0.4) is 0 Å². The highest BCUT2D eigenvalue weighted by Gasteiger charge is 2.69. The highest BCUT2D eigenvalue weighted by Crippen LogP contribution is 2.65. The monoisotopic (exact) mass is 675 g/mol. The lowest BCUT2D eigenvalue weighted by atomic mass is 9.83. The van der Waals surface area contributed by atoms with E-state index >= 15 is 0 Å². The molecule has 49 heavy (non-hydrogen) atoms. The van der Waals surface area contributed by atoms with Gasteiger partial charge in [0.2, 0.25) is 17.6 Å². The highest BCUT2D eigenvalue weighted by molar-refractivity contribution is 6.38. The first-order valence-corrected chi connectivity index (χ1v) is 18.0. The first-order valence-electron chi connectivity index (χ1n) is 18.0. The van der Waals surface area contributed by atoms with Crippen LogP contribution in [0.15, 0.2) is 49.6 Å². The number of likely N-dealkylation sites (tertiary alicyclic amines) is 1. The lowest BCUT2D eigenvalue weighted by Gasteiger charge is -2.38. The predicted molar refractivity (Wildman–Crippen MR) is 191 cm³/mol. The van der Waals surface area contributed by atoms with E-state index in [0.29, 0.717) is 18.9 Å². The Hall–Kier alpha value is -3.95. The summed E-state index contributed by atoms with van der Waals surface area (Å²) in [7, 11) is 0. The second-order valence-corrected chi connectivity index (χ2v) is 15.6. The first kappa shape index (κ1) is 37.9. The molecule has 3 aliphatic rings. The van der Waals surface area contributed by atoms with Crippen LogP contribution in [0.2, 0.25) is 0 Å². The van der Waals surface area contributed by atoms with Crippen LogP contribution < -0.4 is 21.3 Å². The fraction of sp³-hybridized carbons (Fsp3) is 0.615. The Kier molecular flexibility index (Phi) is 12.2. The molecule has 1 aliphatic heterocycles. The molecule has 0 spiro atoms. The molecule has 10 heteroatoms. The number of ketones is 1. The number of nitrogens with one attached hydrogen (secondary N) is 4. The second kappa shape index (κ2) is 15.7. The van der Waals surface area contributed by atoms with Gasteiger partial charge in [0.1, 0.15) is 12.1 Å². The van der Waals surface area contributed by atoms with E-state index < -0.39 is 47.3 Å². The zero-order valence-corrected chi connectivity index (χ0v) is 30.3. The third kappa shape index (κ3) is 8.62. The van der Waals surface area contributed by atoms with Crippen LogP contribution in [-0.4, -0.2) is 65.7 Å². The maximum atomic E-state index is 14.6. The number of rotatable bonds is 15. The van der Waals surface area contributed by atoms with Crippen molar-refractivity contribution in [2.75, 3.05) is 13.1 Å². The summed E-state index contributed by atoms with van der Waals surface area (Å²) in [4.78, 5) is 69.7. The zero-order valence-electron chi connectivity index (χ0n) is 30.3. The van der Waals surface area contributed by atoms with Crippen molar-refractivity contribution in [1.82, 2.24) is 26.2 Å². The van der Waals surface area contributed by atoms with Crippen molar-refractivity contribution in [2.24, 2.45) is 23.2 Å². The number of fused-ring (bicyclic) bond motifs is 1. The van der Waals surface area contributed by atoms with Gasteiger partial charge < -0.3 is 26.2 Å². The van der Waals surface area contributed by atoms with Crippen molar-refractivity contribution in [3.63, 3.8) is 0 Å². The lowest BCUT2D eigenvalue weighted by Crippen LogP contribution is -2.61. The zero-order chi connectivity index (χ0) is 36.1. The largest absolute Gasteiger partial charge is 0.346 e. The van der Waals surface area contributed by atoms with Crippen LogP contribution in [0.25, 0.3) is 0 Å². The minimum absolute atomic E-state index is 0.0662. The molecule has 5 amide bonds. The number of carbonyl (C=O) groups is 5. The number of hydrogen-bond acceptors (Lipinski definition) is 5. The normalized spacial score (nSPS) is 22.7. The summed E-state index contributed by atoms with van der Waals surface area (Å²) in [5.41, 5.74) is 1.27. The van der Waals surface area contributed by atoms with Crippen molar-refractivity contribution >= 4 is 29.5 Å². The molecule has 2 saturated carbocycles. The van der Waals surface area contributed by atoms with E-state index in [1.165, 1.54) is 11.6 Å². The maximum Gasteiger partial charge on any atom is 0.316 e. The molecule has 2 aliphatic carbocycles. The molecule has 0 bridgehead atoms. The molecule has 1 aromatic rings. The first-order chi connectivity index (χ1) is 23.1. The van der Waals surface area contributed by atoms with Gasteiger partial charge in [0.15, 0.2) is 0 Å². The Balaban J connectivity index is 1.56. The lowest BCUT2D eigenvalue weighted by molar-refractivity contribution is -0.144. The molecule has 10 nitrogen and oxygen atoms in total. The smallest absolute Gasteiger partial charge is 0.316 e. The van der Waals surface area contributed by atoms with Gasteiger partial charge >= 0.3 is 6.03 Å². The van der Waals surface area contributed by atoms with Gasteiger partial charge in [-0.15, -0.1) is 13.2 Å². The Morgan fingerprint density at radius 1 is 1.02 bits per heavy atom. The fourth-order valence-corrected chi connectivity index (χ4v) is 7.88. The Labute approximate surface area is 292 Å². The molecule has 1 saturated heterocycles. The van der Waals surface area contributed by atoms with Crippen molar-refractivity contribution < 1.29 is 24.0 Å². The molecular weight excluding hydrogens is 618 g/mol. The molecule has 3 fully saturated rings. The molecule has 3 unspecified atom stereocenters. The van der Waals surface area contributed by atoms with Crippen LogP contribution in [0.4, 0.5) is 4.79 Å². The number of allylic oxidation sites excluding steroid dienone is 1. The van der Waals surface area contributed by atoms with Crippen LogP contribution in [0, 0.1) is 23.2 Å². The van der Waals surface area contributed by atoms with Crippen molar-refractivity contribution in [1.29, 1.82) is 0 Å². The predicted octanol–water partition coefficient (Wildman–Crippen LogP) is 5.10. The SMILES string of the molecule is C=CCCC(NC(=O)[C@@H]1C2C(CN1C(=O)[C@@H](NC(=O)NC(C)(C)c1cccc(C(C)C)c1)C1CCCCC1)C2(C)C)C(=O)C(=O)NCC=C. The summed E-state index contributed by atoms with van der Waals surface area (Å²) in [6, 6.07) is 5.03. The minimum Gasteiger partial charge on any atom is -0.346 e. The fourth-order valence-electron chi connectivity index (χ4n) is 7.88.